The number of hydrogen-bond donors (Lipinski definition) is 1. The molecule has 1 unspecified atom stereocenters. The lowest BCUT2D eigenvalue weighted by atomic mass is 9.91. The Hall–Kier alpha value is -1.42. The Morgan fingerprint density at radius 3 is 2.71 bits per heavy atom. The third-order valence-corrected chi connectivity index (χ3v) is 4.79. The van der Waals surface area contributed by atoms with Gasteiger partial charge >= 0.3 is 0 Å². The summed E-state index contributed by atoms with van der Waals surface area (Å²) in [7, 11) is 0. The molecule has 4 heteroatoms. The van der Waals surface area contributed by atoms with Gasteiger partial charge in [0.2, 0.25) is 0 Å². The fourth-order valence-electron chi connectivity index (χ4n) is 2.98. The predicted molar refractivity (Wildman–Crippen MR) is 87.9 cm³/mol. The molecule has 3 nitrogen and oxygen atoms in total. The van der Waals surface area contributed by atoms with E-state index in [1.807, 2.05) is 0 Å². The minimum Gasteiger partial charge on any atom is -0.309 e. The second kappa shape index (κ2) is 5.09. The number of fused-ring (bicyclic) bond motifs is 1. The molecular weight excluding hydrogens is 328 g/mol. The molecule has 110 valence electrons. The first-order valence-electron chi connectivity index (χ1n) is 7.26. The van der Waals surface area contributed by atoms with Crippen molar-refractivity contribution in [3.63, 3.8) is 0 Å². The summed E-state index contributed by atoms with van der Waals surface area (Å²) >= 11 is 3.38. The van der Waals surface area contributed by atoms with Crippen LogP contribution in [0.4, 0.5) is 0 Å². The lowest BCUT2D eigenvalue weighted by molar-refractivity contribution is 0.551. The van der Waals surface area contributed by atoms with E-state index in [0.29, 0.717) is 4.47 Å². The molecule has 1 aliphatic carbocycles. The van der Waals surface area contributed by atoms with E-state index in [1.54, 1.807) is 0 Å². The average molecular weight is 347 g/mol. The molecule has 0 aliphatic heterocycles. The van der Waals surface area contributed by atoms with Gasteiger partial charge in [-0.05, 0) is 39.9 Å². The quantitative estimate of drug-likeness (QED) is 0.850. The molecule has 0 bridgehead atoms. The second-order valence-corrected chi connectivity index (χ2v) is 7.45. The van der Waals surface area contributed by atoms with Crippen molar-refractivity contribution in [2.75, 3.05) is 0 Å². The predicted octanol–water partition coefficient (Wildman–Crippen LogP) is 3.91. The van der Waals surface area contributed by atoms with Crippen LogP contribution in [0.3, 0.4) is 0 Å². The van der Waals surface area contributed by atoms with Gasteiger partial charge in [0, 0.05) is 11.3 Å². The standard InChI is InChI=1S/C17H19BrN2O/c1-17(2,3)14-13(18)16(21)20-15(19-14)12-9-8-10-6-4-5-7-11(10)12/h4-7,12H,8-9H2,1-3H3,(H,19,20,21). The third kappa shape index (κ3) is 2.57. The van der Waals surface area contributed by atoms with E-state index in [2.05, 4.69) is 66.0 Å². The summed E-state index contributed by atoms with van der Waals surface area (Å²) < 4.78 is 0.546. The first-order valence-corrected chi connectivity index (χ1v) is 8.05. The lowest BCUT2D eigenvalue weighted by Gasteiger charge is -2.21. The summed E-state index contributed by atoms with van der Waals surface area (Å²) in [6.07, 6.45) is 2.05. The van der Waals surface area contributed by atoms with Crippen molar-refractivity contribution in [2.45, 2.75) is 44.9 Å². The molecule has 1 aromatic heterocycles. The maximum Gasteiger partial charge on any atom is 0.265 e. The van der Waals surface area contributed by atoms with Gasteiger partial charge in [-0.15, -0.1) is 0 Å². The van der Waals surface area contributed by atoms with E-state index in [0.717, 1.165) is 24.4 Å². The molecule has 1 aromatic carbocycles. The highest BCUT2D eigenvalue weighted by Crippen LogP contribution is 2.37. The first-order chi connectivity index (χ1) is 9.88. The fourth-order valence-corrected chi connectivity index (χ4v) is 3.76. The molecule has 2 aromatic rings. The number of aromatic amines is 1. The number of H-pyrrole nitrogens is 1. The molecule has 0 radical (unpaired) electrons. The summed E-state index contributed by atoms with van der Waals surface area (Å²) in [5.41, 5.74) is 3.23. The molecule has 21 heavy (non-hydrogen) atoms. The van der Waals surface area contributed by atoms with Gasteiger partial charge in [0.25, 0.3) is 5.56 Å². The lowest BCUT2D eigenvalue weighted by Crippen LogP contribution is -2.24. The van der Waals surface area contributed by atoms with Gasteiger partial charge in [0.05, 0.1) is 5.69 Å². The first kappa shape index (κ1) is 14.5. The van der Waals surface area contributed by atoms with E-state index in [1.165, 1.54) is 11.1 Å². The molecule has 0 saturated carbocycles. The van der Waals surface area contributed by atoms with Crippen molar-refractivity contribution in [2.24, 2.45) is 0 Å². The minimum absolute atomic E-state index is 0.0886. The third-order valence-electron chi connectivity index (χ3n) is 4.05. The monoisotopic (exact) mass is 346 g/mol. The number of nitrogens with zero attached hydrogens (tertiary/aromatic N) is 1. The number of hydrogen-bond acceptors (Lipinski definition) is 2. The van der Waals surface area contributed by atoms with Crippen LogP contribution >= 0.6 is 15.9 Å². The second-order valence-electron chi connectivity index (χ2n) is 6.65. The zero-order valence-electron chi connectivity index (χ0n) is 12.5. The topological polar surface area (TPSA) is 45.8 Å². The maximum absolute atomic E-state index is 12.2. The Labute approximate surface area is 133 Å². The van der Waals surface area contributed by atoms with E-state index in [4.69, 9.17) is 4.98 Å². The molecule has 0 amide bonds. The van der Waals surface area contributed by atoms with Crippen LogP contribution in [0.15, 0.2) is 33.5 Å². The van der Waals surface area contributed by atoms with Crippen molar-refractivity contribution in [1.82, 2.24) is 9.97 Å². The summed E-state index contributed by atoms with van der Waals surface area (Å²) in [5.74, 6) is 0.987. The Bertz CT molecular complexity index is 743. The minimum atomic E-state index is -0.167. The van der Waals surface area contributed by atoms with E-state index in [9.17, 15) is 4.79 Å². The largest absolute Gasteiger partial charge is 0.309 e. The smallest absolute Gasteiger partial charge is 0.265 e. The highest BCUT2D eigenvalue weighted by molar-refractivity contribution is 9.10. The SMILES string of the molecule is CC(C)(C)c1nc(C2CCc3ccccc32)[nH]c(=O)c1Br. The van der Waals surface area contributed by atoms with Gasteiger partial charge in [-0.3, -0.25) is 4.79 Å². The summed E-state index contributed by atoms with van der Waals surface area (Å²) in [6, 6.07) is 8.43. The Kier molecular flexibility index (Phi) is 3.52. The number of rotatable bonds is 1. The molecule has 0 saturated heterocycles. The number of nitrogens with one attached hydrogen (secondary N) is 1. The Morgan fingerprint density at radius 1 is 1.29 bits per heavy atom. The molecule has 1 aliphatic rings. The van der Waals surface area contributed by atoms with Crippen LogP contribution in [0.1, 0.15) is 55.8 Å². The molecule has 0 fully saturated rings. The van der Waals surface area contributed by atoms with Crippen LogP contribution in [-0.2, 0) is 11.8 Å². The van der Waals surface area contributed by atoms with Gasteiger partial charge in [-0.1, -0.05) is 45.0 Å². The van der Waals surface area contributed by atoms with Crippen molar-refractivity contribution >= 4 is 15.9 Å². The van der Waals surface area contributed by atoms with E-state index < -0.39 is 0 Å². The highest BCUT2D eigenvalue weighted by Gasteiger charge is 2.28. The normalized spacial score (nSPS) is 17.8. The van der Waals surface area contributed by atoms with E-state index >= 15 is 0 Å². The summed E-state index contributed by atoms with van der Waals surface area (Å²) in [4.78, 5) is 20.0. The van der Waals surface area contributed by atoms with Crippen molar-refractivity contribution in [1.29, 1.82) is 0 Å². The molecule has 3 rings (SSSR count). The fraction of sp³-hybridized carbons (Fsp3) is 0.412. The van der Waals surface area contributed by atoms with Gasteiger partial charge in [0.1, 0.15) is 10.3 Å². The van der Waals surface area contributed by atoms with Crippen LogP contribution in [0.5, 0.6) is 0 Å². The summed E-state index contributed by atoms with van der Waals surface area (Å²) in [5, 5.41) is 0. The maximum atomic E-state index is 12.2. The zero-order valence-corrected chi connectivity index (χ0v) is 14.1. The number of halogens is 1. The van der Waals surface area contributed by atoms with E-state index in [-0.39, 0.29) is 16.9 Å². The number of aryl methyl sites for hydroxylation is 1. The summed E-state index contributed by atoms with van der Waals surface area (Å²) in [6.45, 7) is 6.23. The Balaban J connectivity index is 2.13. The van der Waals surface area contributed by atoms with Gasteiger partial charge in [-0.25, -0.2) is 4.98 Å². The Morgan fingerprint density at radius 2 is 2.00 bits per heavy atom. The molecule has 1 N–H and O–H groups in total. The van der Waals surface area contributed by atoms with Gasteiger partial charge in [-0.2, -0.15) is 0 Å². The zero-order chi connectivity index (χ0) is 15.2. The van der Waals surface area contributed by atoms with Crippen LogP contribution in [-0.4, -0.2) is 9.97 Å². The van der Waals surface area contributed by atoms with Crippen LogP contribution < -0.4 is 5.56 Å². The van der Waals surface area contributed by atoms with Crippen LogP contribution in [0.2, 0.25) is 0 Å². The van der Waals surface area contributed by atoms with Crippen molar-refractivity contribution in [3.05, 3.63) is 61.7 Å². The van der Waals surface area contributed by atoms with Crippen molar-refractivity contribution in [3.8, 4) is 0 Å². The average Bonchev–Trinajstić information content (AvgIpc) is 2.84. The molecule has 1 atom stereocenters. The molecule has 1 heterocycles. The molecule has 0 spiro atoms. The van der Waals surface area contributed by atoms with Crippen LogP contribution in [0.25, 0.3) is 0 Å². The van der Waals surface area contributed by atoms with Crippen molar-refractivity contribution < 1.29 is 0 Å². The van der Waals surface area contributed by atoms with Gasteiger partial charge < -0.3 is 4.98 Å². The molecular formula is C17H19BrN2O. The highest BCUT2D eigenvalue weighted by atomic mass is 79.9. The van der Waals surface area contributed by atoms with Crippen LogP contribution in [0, 0.1) is 0 Å². The van der Waals surface area contributed by atoms with Gasteiger partial charge in [0.15, 0.2) is 0 Å². The number of benzene rings is 1. The number of aromatic nitrogens is 2.